The van der Waals surface area contributed by atoms with Gasteiger partial charge in [0.25, 0.3) is 0 Å². The number of aromatic nitrogens is 2. The van der Waals surface area contributed by atoms with E-state index in [0.717, 1.165) is 11.6 Å². The van der Waals surface area contributed by atoms with Crippen molar-refractivity contribution in [2.45, 2.75) is 13.1 Å². The third-order valence-electron chi connectivity index (χ3n) is 2.56. The number of benzene rings is 1. The number of alkyl halides is 3. The SMILES string of the molecule is Cc1ccc(-c2cc(C(F)(F)F)nc(C(=O)O)n2)cc1. The van der Waals surface area contributed by atoms with Crippen molar-refractivity contribution < 1.29 is 23.1 Å². The van der Waals surface area contributed by atoms with Gasteiger partial charge in [-0.15, -0.1) is 0 Å². The molecule has 2 aromatic rings. The number of carboxylic acid groups (broad SMARTS) is 1. The molecule has 104 valence electrons. The van der Waals surface area contributed by atoms with Gasteiger partial charge >= 0.3 is 12.1 Å². The molecule has 0 bridgehead atoms. The molecule has 0 spiro atoms. The van der Waals surface area contributed by atoms with Gasteiger partial charge in [0.2, 0.25) is 5.82 Å². The van der Waals surface area contributed by atoms with Crippen molar-refractivity contribution in [3.05, 3.63) is 47.4 Å². The highest BCUT2D eigenvalue weighted by molar-refractivity contribution is 5.84. The van der Waals surface area contributed by atoms with Crippen molar-refractivity contribution >= 4 is 5.97 Å². The van der Waals surface area contributed by atoms with Gasteiger partial charge in [-0.25, -0.2) is 14.8 Å². The zero-order valence-corrected chi connectivity index (χ0v) is 10.3. The highest BCUT2D eigenvalue weighted by Gasteiger charge is 2.34. The van der Waals surface area contributed by atoms with Gasteiger partial charge in [0.1, 0.15) is 5.69 Å². The fraction of sp³-hybridized carbons (Fsp3) is 0.154. The Morgan fingerprint density at radius 3 is 2.25 bits per heavy atom. The number of aromatic carboxylic acids is 1. The minimum atomic E-state index is -4.73. The first kappa shape index (κ1) is 14.0. The maximum atomic E-state index is 12.7. The van der Waals surface area contributed by atoms with Gasteiger partial charge in [-0.05, 0) is 13.0 Å². The smallest absolute Gasteiger partial charge is 0.433 e. The molecule has 0 atom stereocenters. The second-order valence-electron chi connectivity index (χ2n) is 4.13. The summed E-state index contributed by atoms with van der Waals surface area (Å²) < 4.78 is 38.1. The van der Waals surface area contributed by atoms with Crippen molar-refractivity contribution in [1.82, 2.24) is 9.97 Å². The summed E-state index contributed by atoms with van der Waals surface area (Å²) in [6, 6.07) is 7.28. The van der Waals surface area contributed by atoms with Crippen LogP contribution in [-0.4, -0.2) is 21.0 Å². The fourth-order valence-electron chi connectivity index (χ4n) is 1.56. The molecule has 2 rings (SSSR count). The lowest BCUT2D eigenvalue weighted by molar-refractivity contribution is -0.141. The van der Waals surface area contributed by atoms with Crippen molar-refractivity contribution in [2.24, 2.45) is 0 Å². The zero-order valence-electron chi connectivity index (χ0n) is 10.3. The van der Waals surface area contributed by atoms with Gasteiger partial charge in [-0.2, -0.15) is 13.2 Å². The first-order chi connectivity index (χ1) is 9.27. The van der Waals surface area contributed by atoms with Crippen molar-refractivity contribution in [3.8, 4) is 11.3 Å². The Kier molecular flexibility index (Phi) is 3.44. The summed E-state index contributed by atoms with van der Waals surface area (Å²) in [7, 11) is 0. The topological polar surface area (TPSA) is 63.1 Å². The maximum Gasteiger partial charge on any atom is 0.433 e. The highest BCUT2D eigenvalue weighted by atomic mass is 19.4. The normalized spacial score (nSPS) is 11.4. The molecule has 1 N–H and O–H groups in total. The van der Waals surface area contributed by atoms with Gasteiger partial charge < -0.3 is 5.11 Å². The molecule has 0 fully saturated rings. The summed E-state index contributed by atoms with van der Waals surface area (Å²) in [5, 5.41) is 8.80. The van der Waals surface area contributed by atoms with E-state index in [4.69, 9.17) is 5.11 Å². The zero-order chi connectivity index (χ0) is 14.9. The van der Waals surface area contributed by atoms with Crippen LogP contribution in [-0.2, 0) is 6.18 Å². The van der Waals surface area contributed by atoms with Crippen molar-refractivity contribution in [2.75, 3.05) is 0 Å². The molecule has 1 aromatic heterocycles. The molecule has 0 saturated heterocycles. The predicted molar refractivity (Wildman–Crippen MR) is 64.2 cm³/mol. The number of hydrogen-bond acceptors (Lipinski definition) is 3. The number of carbonyl (C=O) groups is 1. The Bertz CT molecular complexity index is 652. The molecule has 0 aliphatic carbocycles. The Morgan fingerprint density at radius 1 is 1.15 bits per heavy atom. The van der Waals surface area contributed by atoms with E-state index >= 15 is 0 Å². The van der Waals surface area contributed by atoms with Gasteiger partial charge in [0.05, 0.1) is 5.69 Å². The molecule has 0 amide bonds. The Hall–Kier alpha value is -2.44. The molecule has 0 unspecified atom stereocenters. The van der Waals surface area contributed by atoms with Gasteiger partial charge in [-0.1, -0.05) is 29.8 Å². The standard InChI is InChI=1S/C13H9F3N2O2/c1-7-2-4-8(5-3-7)9-6-10(13(14,15)16)18-11(17-9)12(19)20/h2-6H,1H3,(H,19,20). The molecule has 1 aromatic carbocycles. The van der Waals surface area contributed by atoms with Gasteiger partial charge in [0, 0.05) is 5.56 Å². The number of hydrogen-bond donors (Lipinski definition) is 1. The average molecular weight is 282 g/mol. The summed E-state index contributed by atoms with van der Waals surface area (Å²) in [5.74, 6) is -2.49. The van der Waals surface area contributed by atoms with Crippen molar-refractivity contribution in [3.63, 3.8) is 0 Å². The van der Waals surface area contributed by atoms with E-state index < -0.39 is 23.7 Å². The van der Waals surface area contributed by atoms with Crippen LogP contribution < -0.4 is 0 Å². The van der Waals surface area contributed by atoms with E-state index in [0.29, 0.717) is 5.56 Å². The van der Waals surface area contributed by atoms with Crippen LogP contribution in [0.5, 0.6) is 0 Å². The number of rotatable bonds is 2. The highest BCUT2D eigenvalue weighted by Crippen LogP contribution is 2.30. The van der Waals surface area contributed by atoms with Gasteiger partial charge in [0.15, 0.2) is 0 Å². The Morgan fingerprint density at radius 2 is 1.75 bits per heavy atom. The molecule has 0 saturated carbocycles. The van der Waals surface area contributed by atoms with Crippen LogP contribution in [0, 0.1) is 6.92 Å². The molecule has 0 aliphatic heterocycles. The van der Waals surface area contributed by atoms with Crippen LogP contribution in [0.2, 0.25) is 0 Å². The van der Waals surface area contributed by atoms with Gasteiger partial charge in [-0.3, -0.25) is 0 Å². The van der Waals surface area contributed by atoms with Crippen LogP contribution >= 0.6 is 0 Å². The van der Waals surface area contributed by atoms with Crippen molar-refractivity contribution in [1.29, 1.82) is 0 Å². The third-order valence-corrected chi connectivity index (χ3v) is 2.56. The first-order valence-corrected chi connectivity index (χ1v) is 5.54. The number of nitrogens with zero attached hydrogens (tertiary/aromatic N) is 2. The van der Waals surface area contributed by atoms with E-state index in [1.165, 1.54) is 0 Å². The quantitative estimate of drug-likeness (QED) is 0.919. The lowest BCUT2D eigenvalue weighted by Gasteiger charge is -2.09. The average Bonchev–Trinajstić information content (AvgIpc) is 2.38. The van der Waals surface area contributed by atoms with Crippen LogP contribution in [0.3, 0.4) is 0 Å². The monoisotopic (exact) mass is 282 g/mol. The molecular formula is C13H9F3N2O2. The summed E-state index contributed by atoms with van der Waals surface area (Å²) in [4.78, 5) is 17.5. The predicted octanol–water partition coefficient (Wildman–Crippen LogP) is 3.17. The molecule has 1 heterocycles. The maximum absolute atomic E-state index is 12.7. The minimum absolute atomic E-state index is 0.0790. The second kappa shape index (κ2) is 4.92. The van der Waals surface area contributed by atoms with Crippen LogP contribution in [0.15, 0.2) is 30.3 Å². The summed E-state index contributed by atoms with van der Waals surface area (Å²) in [6.07, 6.45) is -4.73. The third kappa shape index (κ3) is 2.93. The number of halogens is 3. The fourth-order valence-corrected chi connectivity index (χ4v) is 1.56. The van der Waals surface area contributed by atoms with E-state index in [2.05, 4.69) is 9.97 Å². The largest absolute Gasteiger partial charge is 0.475 e. The number of carboxylic acids is 1. The molecule has 4 nitrogen and oxygen atoms in total. The van der Waals surface area contributed by atoms with Crippen LogP contribution in [0.1, 0.15) is 21.9 Å². The second-order valence-corrected chi connectivity index (χ2v) is 4.13. The Balaban J connectivity index is 2.60. The lowest BCUT2D eigenvalue weighted by Crippen LogP contribution is -2.14. The van der Waals surface area contributed by atoms with E-state index in [-0.39, 0.29) is 5.69 Å². The Labute approximate surface area is 111 Å². The summed E-state index contributed by atoms with van der Waals surface area (Å²) in [6.45, 7) is 1.83. The molecule has 7 heteroatoms. The molecule has 0 radical (unpaired) electrons. The molecule has 0 aliphatic rings. The van der Waals surface area contributed by atoms with E-state index in [1.54, 1.807) is 24.3 Å². The van der Waals surface area contributed by atoms with E-state index in [9.17, 15) is 18.0 Å². The minimum Gasteiger partial charge on any atom is -0.475 e. The van der Waals surface area contributed by atoms with Crippen LogP contribution in [0.25, 0.3) is 11.3 Å². The van der Waals surface area contributed by atoms with Crippen LogP contribution in [0.4, 0.5) is 13.2 Å². The first-order valence-electron chi connectivity index (χ1n) is 5.54. The summed E-state index contributed by atoms with van der Waals surface area (Å²) >= 11 is 0. The van der Waals surface area contributed by atoms with E-state index in [1.807, 2.05) is 6.92 Å². The number of aryl methyl sites for hydroxylation is 1. The molecular weight excluding hydrogens is 273 g/mol. The lowest BCUT2D eigenvalue weighted by atomic mass is 10.1. The summed E-state index contributed by atoms with van der Waals surface area (Å²) in [5.41, 5.74) is -0.0338. The molecule has 20 heavy (non-hydrogen) atoms.